The molecule has 0 bridgehead atoms. The quantitative estimate of drug-likeness (QED) is 0.917. The first-order valence-electron chi connectivity index (χ1n) is 7.03. The van der Waals surface area contributed by atoms with Crippen LogP contribution in [0.25, 0.3) is 5.69 Å². The van der Waals surface area contributed by atoms with Crippen LogP contribution in [0.4, 0.5) is 5.69 Å². The van der Waals surface area contributed by atoms with E-state index in [0.717, 1.165) is 30.3 Å². The fraction of sp³-hybridized carbons (Fsp3) is 0.500. The summed E-state index contributed by atoms with van der Waals surface area (Å²) in [6.07, 6.45) is 2.37. The van der Waals surface area contributed by atoms with Gasteiger partial charge in [-0.1, -0.05) is 6.07 Å². The second kappa shape index (κ2) is 5.58. The van der Waals surface area contributed by atoms with E-state index in [-0.39, 0.29) is 0 Å². The van der Waals surface area contributed by atoms with Crippen LogP contribution in [-0.2, 0) is 0 Å². The SMILES string of the molecule is Cc1nnnn1-c1cccc(NC2CCN(C)CC2)c1. The van der Waals surface area contributed by atoms with Crippen LogP contribution in [0.2, 0.25) is 0 Å². The molecule has 0 unspecified atom stereocenters. The van der Waals surface area contributed by atoms with E-state index < -0.39 is 0 Å². The molecule has 6 nitrogen and oxygen atoms in total. The number of hydrogen-bond acceptors (Lipinski definition) is 5. The third-order valence-corrected chi connectivity index (χ3v) is 3.81. The number of hydrogen-bond donors (Lipinski definition) is 1. The number of nitrogens with one attached hydrogen (secondary N) is 1. The lowest BCUT2D eigenvalue weighted by atomic mass is 10.1. The van der Waals surface area contributed by atoms with Gasteiger partial charge in [0, 0.05) is 11.7 Å². The van der Waals surface area contributed by atoms with E-state index in [9.17, 15) is 0 Å². The van der Waals surface area contributed by atoms with Crippen LogP contribution < -0.4 is 5.32 Å². The van der Waals surface area contributed by atoms with Gasteiger partial charge in [-0.3, -0.25) is 0 Å². The summed E-state index contributed by atoms with van der Waals surface area (Å²) < 4.78 is 1.75. The number of piperidine rings is 1. The third kappa shape index (κ3) is 2.80. The highest BCUT2D eigenvalue weighted by molar-refractivity contribution is 5.51. The Morgan fingerprint density at radius 1 is 1.25 bits per heavy atom. The van der Waals surface area contributed by atoms with Gasteiger partial charge < -0.3 is 10.2 Å². The first kappa shape index (κ1) is 13.1. The maximum Gasteiger partial charge on any atom is 0.153 e. The van der Waals surface area contributed by atoms with Gasteiger partial charge in [-0.2, -0.15) is 4.68 Å². The molecule has 0 atom stereocenters. The van der Waals surface area contributed by atoms with Crippen LogP contribution in [0.3, 0.4) is 0 Å². The highest BCUT2D eigenvalue weighted by Crippen LogP contribution is 2.19. The van der Waals surface area contributed by atoms with Crippen LogP contribution >= 0.6 is 0 Å². The standard InChI is InChI=1S/C14H20N6/c1-11-16-17-18-20(11)14-5-3-4-13(10-14)15-12-6-8-19(2)9-7-12/h3-5,10,12,15H,6-9H2,1-2H3. The van der Waals surface area contributed by atoms with Crippen LogP contribution in [0.5, 0.6) is 0 Å². The molecule has 3 rings (SSSR count). The zero-order chi connectivity index (χ0) is 13.9. The zero-order valence-corrected chi connectivity index (χ0v) is 12.0. The molecule has 1 N–H and O–H groups in total. The molecule has 20 heavy (non-hydrogen) atoms. The van der Waals surface area contributed by atoms with Gasteiger partial charge in [0.05, 0.1) is 5.69 Å². The summed E-state index contributed by atoms with van der Waals surface area (Å²) in [5.74, 6) is 0.793. The first-order valence-corrected chi connectivity index (χ1v) is 7.03. The van der Waals surface area contributed by atoms with Gasteiger partial charge in [0.25, 0.3) is 0 Å². The Morgan fingerprint density at radius 2 is 2.05 bits per heavy atom. The number of tetrazole rings is 1. The number of nitrogens with zero attached hydrogens (tertiary/aromatic N) is 5. The smallest absolute Gasteiger partial charge is 0.153 e. The van der Waals surface area contributed by atoms with Crippen LogP contribution in [0.1, 0.15) is 18.7 Å². The van der Waals surface area contributed by atoms with Gasteiger partial charge in [0.1, 0.15) is 0 Å². The van der Waals surface area contributed by atoms with E-state index in [1.54, 1.807) is 4.68 Å². The summed E-state index contributed by atoms with van der Waals surface area (Å²) >= 11 is 0. The van der Waals surface area contributed by atoms with E-state index in [4.69, 9.17) is 0 Å². The molecule has 0 saturated carbocycles. The van der Waals surface area contributed by atoms with Crippen molar-refractivity contribution in [2.24, 2.45) is 0 Å². The summed E-state index contributed by atoms with van der Waals surface area (Å²) in [5.41, 5.74) is 2.12. The topological polar surface area (TPSA) is 58.9 Å². The molecule has 2 aromatic rings. The van der Waals surface area contributed by atoms with E-state index in [1.165, 1.54) is 12.8 Å². The predicted molar refractivity (Wildman–Crippen MR) is 78.0 cm³/mol. The average Bonchev–Trinajstić information content (AvgIpc) is 2.88. The van der Waals surface area contributed by atoms with Crippen LogP contribution in [0.15, 0.2) is 24.3 Å². The number of aromatic nitrogens is 4. The molecule has 1 fully saturated rings. The third-order valence-electron chi connectivity index (χ3n) is 3.81. The Bertz CT molecular complexity index is 571. The van der Waals surface area contributed by atoms with E-state index in [0.29, 0.717) is 6.04 Å². The predicted octanol–water partition coefficient (Wildman–Crippen LogP) is 1.48. The summed E-state index contributed by atoms with van der Waals surface area (Å²) in [4.78, 5) is 2.37. The van der Waals surface area contributed by atoms with Gasteiger partial charge in [-0.05, 0) is 68.5 Å². The Kier molecular flexibility index (Phi) is 3.64. The molecular formula is C14H20N6. The molecule has 1 aliphatic rings. The molecule has 1 saturated heterocycles. The second-order valence-corrected chi connectivity index (χ2v) is 5.41. The number of aryl methyl sites for hydroxylation is 1. The summed E-state index contributed by atoms with van der Waals surface area (Å²) in [6.45, 7) is 4.21. The summed E-state index contributed by atoms with van der Waals surface area (Å²) in [5, 5.41) is 15.2. The van der Waals surface area contributed by atoms with Gasteiger partial charge in [0.2, 0.25) is 0 Å². The highest BCUT2D eigenvalue weighted by atomic mass is 15.5. The molecule has 0 aliphatic carbocycles. The van der Waals surface area contributed by atoms with E-state index >= 15 is 0 Å². The van der Waals surface area contributed by atoms with E-state index in [1.807, 2.05) is 19.1 Å². The minimum atomic E-state index is 0.552. The highest BCUT2D eigenvalue weighted by Gasteiger charge is 2.16. The lowest BCUT2D eigenvalue weighted by Gasteiger charge is -2.30. The van der Waals surface area contributed by atoms with Crippen molar-refractivity contribution in [3.8, 4) is 5.69 Å². The van der Waals surface area contributed by atoms with Crippen molar-refractivity contribution >= 4 is 5.69 Å². The Balaban J connectivity index is 1.73. The molecule has 1 aromatic heterocycles. The minimum Gasteiger partial charge on any atom is -0.382 e. The number of benzene rings is 1. The van der Waals surface area contributed by atoms with Crippen molar-refractivity contribution in [1.29, 1.82) is 0 Å². The molecule has 6 heteroatoms. The van der Waals surface area contributed by atoms with Gasteiger partial charge in [-0.15, -0.1) is 5.10 Å². The fourth-order valence-corrected chi connectivity index (χ4v) is 2.59. The molecule has 0 radical (unpaired) electrons. The number of anilines is 1. The fourth-order valence-electron chi connectivity index (χ4n) is 2.59. The molecule has 1 aromatic carbocycles. The minimum absolute atomic E-state index is 0.552. The van der Waals surface area contributed by atoms with Gasteiger partial charge in [0.15, 0.2) is 5.82 Å². The van der Waals surface area contributed by atoms with Crippen molar-refractivity contribution in [2.75, 3.05) is 25.5 Å². The van der Waals surface area contributed by atoms with Crippen molar-refractivity contribution in [3.63, 3.8) is 0 Å². The molecular weight excluding hydrogens is 252 g/mol. The Hall–Kier alpha value is -1.95. The van der Waals surface area contributed by atoms with Crippen molar-refractivity contribution in [1.82, 2.24) is 25.1 Å². The maximum atomic E-state index is 4.00. The Morgan fingerprint density at radius 3 is 2.75 bits per heavy atom. The monoisotopic (exact) mass is 272 g/mol. The van der Waals surface area contributed by atoms with Crippen molar-refractivity contribution < 1.29 is 0 Å². The van der Waals surface area contributed by atoms with Crippen LogP contribution in [-0.4, -0.2) is 51.3 Å². The second-order valence-electron chi connectivity index (χ2n) is 5.41. The van der Waals surface area contributed by atoms with Gasteiger partial charge >= 0.3 is 0 Å². The van der Waals surface area contributed by atoms with E-state index in [2.05, 4.69) is 44.9 Å². The summed E-state index contributed by atoms with van der Waals surface area (Å²) in [6, 6.07) is 8.80. The summed E-state index contributed by atoms with van der Waals surface area (Å²) in [7, 11) is 2.18. The number of likely N-dealkylation sites (tertiary alicyclic amines) is 1. The lowest BCUT2D eigenvalue weighted by Crippen LogP contribution is -2.36. The average molecular weight is 272 g/mol. The molecule has 1 aliphatic heterocycles. The first-order chi connectivity index (χ1) is 9.72. The molecule has 0 spiro atoms. The van der Waals surface area contributed by atoms with Crippen LogP contribution in [0, 0.1) is 6.92 Å². The lowest BCUT2D eigenvalue weighted by molar-refractivity contribution is 0.264. The largest absolute Gasteiger partial charge is 0.382 e. The zero-order valence-electron chi connectivity index (χ0n) is 12.0. The molecule has 2 heterocycles. The maximum absolute atomic E-state index is 4.00. The Labute approximate surface area is 118 Å². The normalized spacial score (nSPS) is 17.3. The van der Waals surface area contributed by atoms with Gasteiger partial charge in [-0.25, -0.2) is 0 Å². The molecule has 0 amide bonds. The van der Waals surface area contributed by atoms with Crippen molar-refractivity contribution in [2.45, 2.75) is 25.8 Å². The number of rotatable bonds is 3. The molecule has 106 valence electrons. The van der Waals surface area contributed by atoms with Crippen molar-refractivity contribution in [3.05, 3.63) is 30.1 Å².